The molecule has 0 spiro atoms. The fraction of sp³-hybridized carbons (Fsp3) is 1.00. The second-order valence-corrected chi connectivity index (χ2v) is 5.55. The Kier molecular flexibility index (Phi) is 4.36. The molecule has 0 aromatic carbocycles. The molecule has 0 aromatic heterocycles. The molecule has 0 fully saturated rings. The van der Waals surface area contributed by atoms with Crippen molar-refractivity contribution in [3.8, 4) is 0 Å². The fourth-order valence-electron chi connectivity index (χ4n) is 0.729. The highest BCUT2D eigenvalue weighted by Crippen LogP contribution is 2.10. The molecule has 68 valence electrons. The Labute approximate surface area is 72.1 Å². The zero-order valence-corrected chi connectivity index (χ0v) is 8.45. The van der Waals surface area contributed by atoms with Gasteiger partial charge in [-0.1, -0.05) is 13.8 Å². The topological polar surface area (TPSA) is 43.4 Å². The number of ether oxygens (including phenoxy) is 1. The quantitative estimate of drug-likeness (QED) is 0.642. The second kappa shape index (κ2) is 4.28. The molecular formula is C6H13ClO3S. The van der Waals surface area contributed by atoms with Crippen LogP contribution < -0.4 is 0 Å². The molecule has 0 rings (SSSR count). The van der Waals surface area contributed by atoms with E-state index in [1.807, 2.05) is 13.8 Å². The third kappa shape index (κ3) is 5.47. The predicted octanol–water partition coefficient (Wildman–Crippen LogP) is 1.23. The zero-order chi connectivity index (χ0) is 9.07. The Morgan fingerprint density at radius 2 is 1.91 bits per heavy atom. The molecule has 0 amide bonds. The van der Waals surface area contributed by atoms with Crippen molar-refractivity contribution in [2.45, 2.75) is 20.0 Å². The summed E-state index contributed by atoms with van der Waals surface area (Å²) in [6.07, 6.45) is -0.308. The smallest absolute Gasteiger partial charge is 0.235 e. The van der Waals surface area contributed by atoms with Gasteiger partial charge in [0.2, 0.25) is 9.05 Å². The van der Waals surface area contributed by atoms with E-state index in [9.17, 15) is 8.42 Å². The molecule has 0 heterocycles. The van der Waals surface area contributed by atoms with Gasteiger partial charge in [0.1, 0.15) is 0 Å². The van der Waals surface area contributed by atoms with Gasteiger partial charge in [-0.25, -0.2) is 8.42 Å². The molecule has 0 saturated carbocycles. The second-order valence-electron chi connectivity index (χ2n) is 2.72. The molecule has 0 aliphatic heterocycles. The van der Waals surface area contributed by atoms with Crippen molar-refractivity contribution < 1.29 is 13.2 Å². The van der Waals surface area contributed by atoms with Crippen LogP contribution in [-0.2, 0) is 13.8 Å². The van der Waals surface area contributed by atoms with Gasteiger partial charge in [-0.15, -0.1) is 0 Å². The third-order valence-corrected chi connectivity index (χ3v) is 2.51. The van der Waals surface area contributed by atoms with Crippen molar-refractivity contribution in [1.82, 2.24) is 0 Å². The summed E-state index contributed by atoms with van der Waals surface area (Å²) < 4.78 is 26.1. The highest BCUT2D eigenvalue weighted by Gasteiger charge is 2.19. The lowest BCUT2D eigenvalue weighted by atomic mass is 10.1. The summed E-state index contributed by atoms with van der Waals surface area (Å²) in [5, 5.41) is 0. The maximum atomic E-state index is 10.6. The van der Waals surface area contributed by atoms with Crippen molar-refractivity contribution in [2.24, 2.45) is 5.92 Å². The molecule has 0 N–H and O–H groups in total. The van der Waals surface area contributed by atoms with Crippen molar-refractivity contribution in [2.75, 3.05) is 12.9 Å². The Balaban J connectivity index is 4.10. The summed E-state index contributed by atoms with van der Waals surface area (Å²) >= 11 is 0. The van der Waals surface area contributed by atoms with E-state index >= 15 is 0 Å². The maximum absolute atomic E-state index is 10.6. The summed E-state index contributed by atoms with van der Waals surface area (Å²) in [5.74, 6) is 0.0384. The van der Waals surface area contributed by atoms with Crippen LogP contribution in [0.25, 0.3) is 0 Å². The van der Waals surface area contributed by atoms with Crippen molar-refractivity contribution in [1.29, 1.82) is 0 Å². The van der Waals surface area contributed by atoms with E-state index in [4.69, 9.17) is 15.4 Å². The number of hydrogen-bond acceptors (Lipinski definition) is 3. The largest absolute Gasteiger partial charge is 0.380 e. The van der Waals surface area contributed by atoms with E-state index < -0.39 is 9.05 Å². The van der Waals surface area contributed by atoms with Crippen LogP contribution >= 0.6 is 10.7 Å². The number of hydrogen-bond donors (Lipinski definition) is 0. The van der Waals surface area contributed by atoms with Crippen LogP contribution in [0.3, 0.4) is 0 Å². The van der Waals surface area contributed by atoms with E-state index in [2.05, 4.69) is 0 Å². The first-order valence-corrected chi connectivity index (χ1v) is 5.79. The summed E-state index contributed by atoms with van der Waals surface area (Å²) in [7, 11) is 3.09. The van der Waals surface area contributed by atoms with Gasteiger partial charge < -0.3 is 4.74 Å². The Morgan fingerprint density at radius 1 is 1.45 bits per heavy atom. The van der Waals surface area contributed by atoms with Gasteiger partial charge in [-0.2, -0.15) is 0 Å². The molecular weight excluding hydrogens is 188 g/mol. The van der Waals surface area contributed by atoms with Gasteiger partial charge in [-0.3, -0.25) is 0 Å². The van der Waals surface area contributed by atoms with Crippen LogP contribution in [0.4, 0.5) is 0 Å². The molecule has 0 aliphatic carbocycles. The molecule has 3 nitrogen and oxygen atoms in total. The van der Waals surface area contributed by atoms with Gasteiger partial charge in [0.05, 0.1) is 11.9 Å². The molecule has 0 aromatic rings. The number of halogens is 1. The molecule has 0 radical (unpaired) electrons. The molecule has 0 bridgehead atoms. The maximum Gasteiger partial charge on any atom is 0.235 e. The standard InChI is InChI=1S/C6H13ClO3S/c1-5(2)6(10-3)4-11(7,8)9/h5-6H,4H2,1-3H3/t6-/m1/s1. The molecule has 11 heavy (non-hydrogen) atoms. The Morgan fingerprint density at radius 3 is 2.00 bits per heavy atom. The summed E-state index contributed by atoms with van der Waals surface area (Å²) in [6, 6.07) is 0. The van der Waals surface area contributed by atoms with Gasteiger partial charge in [0.25, 0.3) is 0 Å². The van der Waals surface area contributed by atoms with Crippen LogP contribution in [0.15, 0.2) is 0 Å². The normalized spacial score (nSPS) is 15.4. The van der Waals surface area contributed by atoms with E-state index in [1.165, 1.54) is 7.11 Å². The van der Waals surface area contributed by atoms with E-state index in [0.29, 0.717) is 0 Å². The number of methoxy groups -OCH3 is 1. The molecule has 0 saturated heterocycles. The summed E-state index contributed by atoms with van der Waals surface area (Å²) in [4.78, 5) is 0. The third-order valence-electron chi connectivity index (χ3n) is 1.41. The molecule has 5 heteroatoms. The van der Waals surface area contributed by atoms with Crippen molar-refractivity contribution in [3.63, 3.8) is 0 Å². The van der Waals surface area contributed by atoms with E-state index in [-0.39, 0.29) is 17.8 Å². The lowest BCUT2D eigenvalue weighted by Crippen LogP contribution is -2.25. The first-order valence-electron chi connectivity index (χ1n) is 3.32. The van der Waals surface area contributed by atoms with Gasteiger partial charge in [0, 0.05) is 17.8 Å². The van der Waals surface area contributed by atoms with Gasteiger partial charge >= 0.3 is 0 Å². The highest BCUT2D eigenvalue weighted by atomic mass is 35.7. The summed E-state index contributed by atoms with van der Waals surface area (Å²) in [6.45, 7) is 3.77. The zero-order valence-electron chi connectivity index (χ0n) is 6.87. The number of rotatable bonds is 4. The monoisotopic (exact) mass is 200 g/mol. The molecule has 1 atom stereocenters. The van der Waals surface area contributed by atoms with E-state index in [1.54, 1.807) is 0 Å². The first kappa shape index (κ1) is 11.2. The van der Waals surface area contributed by atoms with Crippen molar-refractivity contribution >= 4 is 19.7 Å². The van der Waals surface area contributed by atoms with Crippen LogP contribution in [-0.4, -0.2) is 27.4 Å². The predicted molar refractivity (Wildman–Crippen MR) is 45.3 cm³/mol. The van der Waals surface area contributed by atoms with Crippen LogP contribution in [0.2, 0.25) is 0 Å². The van der Waals surface area contributed by atoms with Crippen LogP contribution in [0, 0.1) is 5.92 Å². The minimum atomic E-state index is -3.43. The van der Waals surface area contributed by atoms with Crippen molar-refractivity contribution in [3.05, 3.63) is 0 Å². The van der Waals surface area contributed by atoms with Crippen LogP contribution in [0.1, 0.15) is 13.8 Å². The Hall–Kier alpha value is 0.200. The average molecular weight is 201 g/mol. The van der Waals surface area contributed by atoms with Crippen LogP contribution in [0.5, 0.6) is 0 Å². The lowest BCUT2D eigenvalue weighted by molar-refractivity contribution is 0.0831. The van der Waals surface area contributed by atoms with Gasteiger partial charge in [-0.05, 0) is 5.92 Å². The highest BCUT2D eigenvalue weighted by molar-refractivity contribution is 8.13. The fourth-order valence-corrected chi connectivity index (χ4v) is 2.01. The van der Waals surface area contributed by atoms with Gasteiger partial charge in [0.15, 0.2) is 0 Å². The lowest BCUT2D eigenvalue weighted by Gasteiger charge is -2.16. The summed E-state index contributed by atoms with van der Waals surface area (Å²) in [5.41, 5.74) is 0. The molecule has 0 aliphatic rings. The average Bonchev–Trinajstić information content (AvgIpc) is 1.80. The Bertz CT molecular complexity index is 198. The minimum Gasteiger partial charge on any atom is -0.380 e. The molecule has 0 unspecified atom stereocenters. The SMILES string of the molecule is CO[C@H](CS(=O)(=O)Cl)C(C)C. The first-order chi connectivity index (χ1) is 4.87. The minimum absolute atomic E-state index is 0.122. The van der Waals surface area contributed by atoms with E-state index in [0.717, 1.165) is 0 Å².